The molecular weight excluding hydrogens is 224 g/mol. The molecule has 1 unspecified atom stereocenters. The number of esters is 2. The third-order valence-electron chi connectivity index (χ3n) is 2.34. The van der Waals surface area contributed by atoms with Crippen LogP contribution in [0, 0.1) is 5.92 Å². The van der Waals surface area contributed by atoms with Crippen molar-refractivity contribution in [3.63, 3.8) is 0 Å². The minimum atomic E-state index is -0.804. The smallest absolute Gasteiger partial charge is 0.334 e. The molecule has 0 bridgehead atoms. The predicted octanol–water partition coefficient (Wildman–Crippen LogP) is 0.808. The zero-order valence-corrected chi connectivity index (χ0v) is 10.5. The van der Waals surface area contributed by atoms with E-state index in [1.807, 2.05) is 0 Å². The SMILES string of the molecule is COC(=O)C1=C[C@@H](O)CC1C(=O)OC(C)(C)C. The summed E-state index contributed by atoms with van der Waals surface area (Å²) in [5.74, 6) is -1.85. The number of aliphatic hydroxyl groups is 1. The topological polar surface area (TPSA) is 72.8 Å². The molecule has 0 fully saturated rings. The van der Waals surface area contributed by atoms with Gasteiger partial charge in [-0.05, 0) is 33.3 Å². The Labute approximate surface area is 100 Å². The fraction of sp³-hybridized carbons (Fsp3) is 0.667. The van der Waals surface area contributed by atoms with Gasteiger partial charge in [0.15, 0.2) is 0 Å². The van der Waals surface area contributed by atoms with E-state index < -0.39 is 29.6 Å². The van der Waals surface area contributed by atoms with Gasteiger partial charge >= 0.3 is 11.9 Å². The van der Waals surface area contributed by atoms with Gasteiger partial charge in [0.05, 0.1) is 24.7 Å². The van der Waals surface area contributed by atoms with Crippen molar-refractivity contribution in [3.8, 4) is 0 Å². The first kappa shape index (κ1) is 13.7. The second-order valence-electron chi connectivity index (χ2n) is 5.00. The van der Waals surface area contributed by atoms with E-state index in [1.165, 1.54) is 13.2 Å². The first-order chi connectivity index (χ1) is 7.74. The fourth-order valence-corrected chi connectivity index (χ4v) is 1.68. The molecule has 5 nitrogen and oxygen atoms in total. The Kier molecular flexibility index (Phi) is 3.93. The van der Waals surface area contributed by atoms with Crippen LogP contribution in [0.15, 0.2) is 11.6 Å². The minimum Gasteiger partial charge on any atom is -0.466 e. The normalized spacial score (nSPS) is 24.2. The molecule has 0 amide bonds. The van der Waals surface area contributed by atoms with Gasteiger partial charge in [-0.15, -0.1) is 0 Å². The van der Waals surface area contributed by atoms with Crippen molar-refractivity contribution in [1.29, 1.82) is 0 Å². The molecule has 17 heavy (non-hydrogen) atoms. The van der Waals surface area contributed by atoms with Gasteiger partial charge in [-0.2, -0.15) is 0 Å². The number of hydrogen-bond donors (Lipinski definition) is 1. The average molecular weight is 242 g/mol. The van der Waals surface area contributed by atoms with Crippen LogP contribution in [0.25, 0.3) is 0 Å². The van der Waals surface area contributed by atoms with Gasteiger partial charge in [0.2, 0.25) is 0 Å². The molecule has 1 aliphatic carbocycles. The Morgan fingerprint density at radius 1 is 1.41 bits per heavy atom. The van der Waals surface area contributed by atoms with Crippen LogP contribution in [0.4, 0.5) is 0 Å². The zero-order valence-electron chi connectivity index (χ0n) is 10.5. The number of rotatable bonds is 2. The summed E-state index contributed by atoms with van der Waals surface area (Å²) in [7, 11) is 1.24. The molecule has 1 N–H and O–H groups in total. The maximum atomic E-state index is 11.9. The Hall–Kier alpha value is -1.36. The first-order valence-electron chi connectivity index (χ1n) is 5.45. The number of carbonyl (C=O) groups is 2. The second-order valence-corrected chi connectivity index (χ2v) is 5.00. The summed E-state index contributed by atoms with van der Waals surface area (Å²) in [5.41, 5.74) is -0.444. The van der Waals surface area contributed by atoms with Gasteiger partial charge in [0, 0.05) is 0 Å². The summed E-state index contributed by atoms with van der Waals surface area (Å²) in [6, 6.07) is 0. The third kappa shape index (κ3) is 3.56. The third-order valence-corrected chi connectivity index (χ3v) is 2.34. The van der Waals surface area contributed by atoms with Gasteiger partial charge < -0.3 is 14.6 Å². The maximum absolute atomic E-state index is 11.9. The molecule has 2 atom stereocenters. The lowest BCUT2D eigenvalue weighted by Gasteiger charge is -2.22. The Morgan fingerprint density at radius 3 is 2.47 bits per heavy atom. The molecule has 0 radical (unpaired) electrons. The van der Waals surface area contributed by atoms with Crippen molar-refractivity contribution in [2.75, 3.05) is 7.11 Å². The molecule has 0 aromatic carbocycles. The van der Waals surface area contributed by atoms with Gasteiger partial charge in [0.1, 0.15) is 5.60 Å². The van der Waals surface area contributed by atoms with Crippen molar-refractivity contribution < 1.29 is 24.2 Å². The lowest BCUT2D eigenvalue weighted by Crippen LogP contribution is -2.30. The van der Waals surface area contributed by atoms with E-state index in [-0.39, 0.29) is 12.0 Å². The number of carbonyl (C=O) groups excluding carboxylic acids is 2. The fourth-order valence-electron chi connectivity index (χ4n) is 1.68. The molecule has 5 heteroatoms. The molecule has 1 rings (SSSR count). The summed E-state index contributed by atoms with van der Waals surface area (Å²) in [6.45, 7) is 5.24. The minimum absolute atomic E-state index is 0.166. The van der Waals surface area contributed by atoms with E-state index >= 15 is 0 Å². The molecule has 96 valence electrons. The first-order valence-corrected chi connectivity index (χ1v) is 5.45. The maximum Gasteiger partial charge on any atom is 0.334 e. The Balaban J connectivity index is 2.81. The van der Waals surface area contributed by atoms with Gasteiger partial charge in [-0.25, -0.2) is 4.79 Å². The van der Waals surface area contributed by atoms with E-state index in [9.17, 15) is 14.7 Å². The standard InChI is InChI=1S/C12H18O5/c1-12(2,3)17-11(15)9-6-7(13)5-8(9)10(14)16-4/h5,7,9,13H,6H2,1-4H3/t7-,9?/m1/s1. The van der Waals surface area contributed by atoms with Crippen LogP contribution >= 0.6 is 0 Å². The van der Waals surface area contributed by atoms with Crippen molar-refractivity contribution >= 4 is 11.9 Å². The molecule has 0 saturated heterocycles. The number of methoxy groups -OCH3 is 1. The summed E-state index contributed by atoms with van der Waals surface area (Å²) >= 11 is 0. The van der Waals surface area contributed by atoms with Crippen LogP contribution in [0.5, 0.6) is 0 Å². The Morgan fingerprint density at radius 2 is 2.00 bits per heavy atom. The monoisotopic (exact) mass is 242 g/mol. The van der Waals surface area contributed by atoms with E-state index in [0.717, 1.165) is 0 Å². The molecule has 0 saturated carbocycles. The largest absolute Gasteiger partial charge is 0.466 e. The second kappa shape index (κ2) is 4.87. The lowest BCUT2D eigenvalue weighted by atomic mass is 10.0. The average Bonchev–Trinajstić information content (AvgIpc) is 2.56. The lowest BCUT2D eigenvalue weighted by molar-refractivity contribution is -0.160. The molecule has 0 aliphatic heterocycles. The van der Waals surface area contributed by atoms with Crippen molar-refractivity contribution in [2.24, 2.45) is 5.92 Å². The van der Waals surface area contributed by atoms with E-state index in [4.69, 9.17) is 4.74 Å². The number of hydrogen-bond acceptors (Lipinski definition) is 5. The molecule has 0 heterocycles. The molecular formula is C12H18O5. The molecule has 0 spiro atoms. The quantitative estimate of drug-likeness (QED) is 0.725. The summed E-state index contributed by atoms with van der Waals surface area (Å²) in [5, 5.41) is 9.47. The van der Waals surface area contributed by atoms with E-state index in [2.05, 4.69) is 4.74 Å². The highest BCUT2D eigenvalue weighted by Gasteiger charge is 2.38. The predicted molar refractivity (Wildman–Crippen MR) is 60.1 cm³/mol. The van der Waals surface area contributed by atoms with Crippen LogP contribution in [0.1, 0.15) is 27.2 Å². The van der Waals surface area contributed by atoms with Crippen LogP contribution in [0.2, 0.25) is 0 Å². The highest BCUT2D eigenvalue weighted by Crippen LogP contribution is 2.29. The summed E-state index contributed by atoms with van der Waals surface area (Å²) < 4.78 is 9.76. The van der Waals surface area contributed by atoms with E-state index in [1.54, 1.807) is 20.8 Å². The summed E-state index contributed by atoms with van der Waals surface area (Å²) in [4.78, 5) is 23.3. The van der Waals surface area contributed by atoms with Crippen LogP contribution in [0.3, 0.4) is 0 Å². The Bertz CT molecular complexity index is 350. The van der Waals surface area contributed by atoms with Crippen molar-refractivity contribution in [2.45, 2.75) is 38.9 Å². The van der Waals surface area contributed by atoms with Gasteiger partial charge in [0.25, 0.3) is 0 Å². The van der Waals surface area contributed by atoms with E-state index in [0.29, 0.717) is 0 Å². The molecule has 0 aromatic heterocycles. The number of ether oxygens (including phenoxy) is 2. The highest BCUT2D eigenvalue weighted by atomic mass is 16.6. The van der Waals surface area contributed by atoms with Gasteiger partial charge in [-0.3, -0.25) is 4.79 Å². The van der Waals surface area contributed by atoms with Crippen LogP contribution in [-0.2, 0) is 19.1 Å². The zero-order chi connectivity index (χ0) is 13.2. The molecule has 1 aliphatic rings. The van der Waals surface area contributed by atoms with Gasteiger partial charge in [-0.1, -0.05) is 0 Å². The van der Waals surface area contributed by atoms with Crippen LogP contribution in [-0.4, -0.2) is 35.9 Å². The summed E-state index contributed by atoms with van der Waals surface area (Å²) in [6.07, 6.45) is 0.710. The highest BCUT2D eigenvalue weighted by molar-refractivity contribution is 5.96. The molecule has 0 aromatic rings. The van der Waals surface area contributed by atoms with Crippen molar-refractivity contribution in [3.05, 3.63) is 11.6 Å². The van der Waals surface area contributed by atoms with Crippen molar-refractivity contribution in [1.82, 2.24) is 0 Å². The number of aliphatic hydroxyl groups excluding tert-OH is 1. The van der Waals surface area contributed by atoms with Crippen LogP contribution < -0.4 is 0 Å².